The molecule has 0 saturated heterocycles. The number of hydrogen-bond acceptors (Lipinski definition) is 7. The molecule has 3 rings (SSSR count). The van der Waals surface area contributed by atoms with Crippen LogP contribution in [0.5, 0.6) is 5.75 Å². The Balaban J connectivity index is 2.17. The van der Waals surface area contributed by atoms with E-state index in [1.165, 1.54) is 23.1 Å². The molecule has 0 aliphatic carbocycles. The zero-order valence-electron chi connectivity index (χ0n) is 20.3. The molecule has 1 amide bonds. The molecule has 0 saturated carbocycles. The van der Waals surface area contributed by atoms with Gasteiger partial charge in [0.2, 0.25) is 11.7 Å². The van der Waals surface area contributed by atoms with Crippen molar-refractivity contribution in [1.29, 1.82) is 0 Å². The number of phenols is 1. The number of carbonyl (C=O) groups excluding carboxylic acids is 3. The normalized spacial score (nSPS) is 14.6. The molecule has 0 radical (unpaired) electrons. The first-order chi connectivity index (χ1) is 17.7. The van der Waals surface area contributed by atoms with Crippen molar-refractivity contribution in [2.24, 2.45) is 5.73 Å². The molecule has 0 aliphatic heterocycles. The van der Waals surface area contributed by atoms with Crippen LogP contribution in [-0.2, 0) is 32.1 Å². The maximum absolute atomic E-state index is 14.2. The lowest BCUT2D eigenvalue weighted by molar-refractivity contribution is -0.151. The monoisotopic (exact) mass is 555 g/mol. The van der Waals surface area contributed by atoms with E-state index < -0.39 is 36.5 Å². The standard InChI is InChI=1S/C27H27BrN2O6/c28-22-9-5-4-8-21(22)26(36-17-32)25(34)24(14-18-10-12-20(33)13-11-18)30(27(35)23(29)16-31)15-19-6-2-1-3-7-19/h1-13,17,23-24,26,31,33H,14-16,29H2/t23-,24-,26?/m0/s1/i26D. The summed E-state index contributed by atoms with van der Waals surface area (Å²) >= 11 is 3.32. The molecule has 36 heavy (non-hydrogen) atoms. The number of phenolic OH excluding ortho intramolecular Hbond substituents is 1. The average molecular weight is 556 g/mol. The summed E-state index contributed by atoms with van der Waals surface area (Å²) in [5.74, 6) is -1.60. The van der Waals surface area contributed by atoms with Gasteiger partial charge in [-0.2, -0.15) is 0 Å². The molecular weight excluding hydrogens is 528 g/mol. The number of rotatable bonds is 12. The number of aliphatic hydroxyl groups is 1. The van der Waals surface area contributed by atoms with Gasteiger partial charge in [0.1, 0.15) is 11.8 Å². The van der Waals surface area contributed by atoms with E-state index in [2.05, 4.69) is 15.9 Å². The number of aliphatic hydroxyl groups excluding tert-OH is 1. The lowest BCUT2D eigenvalue weighted by Crippen LogP contribution is -2.54. The summed E-state index contributed by atoms with van der Waals surface area (Å²) in [6.45, 7) is -0.703. The highest BCUT2D eigenvalue weighted by Crippen LogP contribution is 2.30. The van der Waals surface area contributed by atoms with Crippen molar-refractivity contribution in [2.75, 3.05) is 6.61 Å². The lowest BCUT2D eigenvalue weighted by atomic mass is 9.93. The average Bonchev–Trinajstić information content (AvgIpc) is 2.91. The van der Waals surface area contributed by atoms with Gasteiger partial charge >= 0.3 is 0 Å². The Labute approximate surface area is 218 Å². The molecular formula is C27H27BrN2O6. The predicted molar refractivity (Wildman–Crippen MR) is 137 cm³/mol. The van der Waals surface area contributed by atoms with Gasteiger partial charge in [0, 0.05) is 23.0 Å². The van der Waals surface area contributed by atoms with Gasteiger partial charge in [-0.25, -0.2) is 0 Å². The van der Waals surface area contributed by atoms with E-state index in [1.54, 1.807) is 60.7 Å². The fraction of sp³-hybridized carbons (Fsp3) is 0.222. The van der Waals surface area contributed by atoms with Crippen LogP contribution in [0.15, 0.2) is 83.3 Å². The van der Waals surface area contributed by atoms with Crippen molar-refractivity contribution in [1.82, 2.24) is 4.90 Å². The third-order valence-electron chi connectivity index (χ3n) is 5.55. The Hall–Kier alpha value is -3.53. The molecule has 4 N–H and O–H groups in total. The van der Waals surface area contributed by atoms with Gasteiger partial charge in [0.25, 0.3) is 6.47 Å². The highest BCUT2D eigenvalue weighted by Gasteiger charge is 2.38. The number of benzene rings is 3. The van der Waals surface area contributed by atoms with Crippen molar-refractivity contribution < 1.29 is 30.7 Å². The van der Waals surface area contributed by atoms with Crippen LogP contribution in [0, 0.1) is 0 Å². The second-order valence-corrected chi connectivity index (χ2v) is 8.87. The summed E-state index contributed by atoms with van der Waals surface area (Å²) in [6, 6.07) is 18.6. The molecule has 188 valence electrons. The Morgan fingerprint density at radius 2 is 1.67 bits per heavy atom. The number of hydrogen-bond donors (Lipinski definition) is 3. The molecule has 9 heteroatoms. The summed E-state index contributed by atoms with van der Waals surface area (Å²) in [7, 11) is 0. The Morgan fingerprint density at radius 1 is 1.03 bits per heavy atom. The van der Waals surface area contributed by atoms with Crippen LogP contribution in [0.4, 0.5) is 0 Å². The van der Waals surface area contributed by atoms with Crippen LogP contribution < -0.4 is 5.73 Å². The van der Waals surface area contributed by atoms with E-state index in [-0.39, 0.29) is 30.8 Å². The molecule has 0 fully saturated rings. The predicted octanol–water partition coefficient (Wildman–Crippen LogP) is 2.90. The van der Waals surface area contributed by atoms with Crippen molar-refractivity contribution >= 4 is 34.1 Å². The molecule has 0 heterocycles. The van der Waals surface area contributed by atoms with E-state index >= 15 is 0 Å². The largest absolute Gasteiger partial charge is 0.508 e. The van der Waals surface area contributed by atoms with Crippen molar-refractivity contribution in [3.05, 3.63) is 100 Å². The third-order valence-corrected chi connectivity index (χ3v) is 6.24. The number of ether oxygens (including phenoxy) is 1. The third kappa shape index (κ3) is 6.78. The molecule has 3 aromatic carbocycles. The van der Waals surface area contributed by atoms with Crippen LogP contribution in [0.2, 0.25) is 0 Å². The summed E-state index contributed by atoms with van der Waals surface area (Å²) in [5, 5.41) is 19.3. The number of carbonyl (C=O) groups is 3. The fourth-order valence-electron chi connectivity index (χ4n) is 3.71. The molecule has 0 bridgehead atoms. The second-order valence-electron chi connectivity index (χ2n) is 8.01. The lowest BCUT2D eigenvalue weighted by Gasteiger charge is -2.34. The molecule has 3 aromatic rings. The summed E-state index contributed by atoms with van der Waals surface area (Å²) < 4.78 is 14.5. The molecule has 1 unspecified atom stereocenters. The van der Waals surface area contributed by atoms with Gasteiger partial charge in [0.05, 0.1) is 14.0 Å². The summed E-state index contributed by atoms with van der Waals surface area (Å²) in [5.41, 5.74) is 7.22. The number of Topliss-reactive ketones (excluding diaryl/α,β-unsaturated/α-hetero) is 1. The van der Waals surface area contributed by atoms with E-state index in [0.717, 1.165) is 0 Å². The van der Waals surface area contributed by atoms with Crippen LogP contribution in [0.1, 0.15) is 24.1 Å². The Morgan fingerprint density at radius 3 is 2.28 bits per heavy atom. The van der Waals surface area contributed by atoms with E-state index in [1.807, 2.05) is 0 Å². The van der Waals surface area contributed by atoms with Crippen molar-refractivity contribution in [3.8, 4) is 5.75 Å². The van der Waals surface area contributed by atoms with Gasteiger partial charge in [-0.15, -0.1) is 0 Å². The Bertz CT molecular complexity index is 1230. The molecule has 3 atom stereocenters. The van der Waals surface area contributed by atoms with Gasteiger partial charge in [-0.05, 0) is 29.3 Å². The van der Waals surface area contributed by atoms with E-state index in [4.69, 9.17) is 11.8 Å². The summed E-state index contributed by atoms with van der Waals surface area (Å²) in [6.07, 6.45) is -2.59. The SMILES string of the molecule is [2H]C(OC=O)(C(=O)[C@H](Cc1ccc(O)cc1)N(Cc1ccccc1)C(=O)[C@@H](N)CO)c1ccccc1Br. The smallest absolute Gasteiger partial charge is 0.294 e. The highest BCUT2D eigenvalue weighted by atomic mass is 79.9. The maximum atomic E-state index is 14.2. The minimum Gasteiger partial charge on any atom is -0.508 e. The van der Waals surface area contributed by atoms with Crippen LogP contribution >= 0.6 is 15.9 Å². The number of aromatic hydroxyl groups is 1. The molecule has 8 nitrogen and oxygen atoms in total. The van der Waals surface area contributed by atoms with Gasteiger partial charge in [0.15, 0.2) is 6.08 Å². The fourth-order valence-corrected chi connectivity index (χ4v) is 4.18. The highest BCUT2D eigenvalue weighted by molar-refractivity contribution is 9.10. The van der Waals surface area contributed by atoms with E-state index in [9.17, 15) is 24.6 Å². The number of nitrogens with zero attached hydrogens (tertiary/aromatic N) is 1. The van der Waals surface area contributed by atoms with Crippen LogP contribution in [-0.4, -0.2) is 52.0 Å². The first-order valence-corrected chi connectivity index (χ1v) is 11.9. The van der Waals surface area contributed by atoms with Gasteiger partial charge in [-0.1, -0.05) is 76.6 Å². The number of amides is 1. The summed E-state index contributed by atoms with van der Waals surface area (Å²) in [4.78, 5) is 40.3. The first kappa shape index (κ1) is 25.6. The zero-order valence-corrected chi connectivity index (χ0v) is 20.9. The quantitative estimate of drug-likeness (QED) is 0.293. The minimum atomic E-state index is -2.51. The number of ketones is 1. The van der Waals surface area contributed by atoms with Crippen LogP contribution in [0.25, 0.3) is 0 Å². The van der Waals surface area contributed by atoms with Crippen LogP contribution in [0.3, 0.4) is 0 Å². The van der Waals surface area contributed by atoms with Crippen molar-refractivity contribution in [3.63, 3.8) is 0 Å². The minimum absolute atomic E-state index is 0.0125. The topological polar surface area (TPSA) is 130 Å². The molecule has 0 aliphatic rings. The molecule has 0 spiro atoms. The van der Waals surface area contributed by atoms with Gasteiger partial charge in [-0.3, -0.25) is 14.4 Å². The maximum Gasteiger partial charge on any atom is 0.294 e. The number of halogens is 1. The van der Waals surface area contributed by atoms with Crippen molar-refractivity contribution in [2.45, 2.75) is 31.1 Å². The Kier molecular flexibility index (Phi) is 9.21. The van der Waals surface area contributed by atoms with Gasteiger partial charge < -0.3 is 25.6 Å². The molecule has 0 aromatic heterocycles. The van der Waals surface area contributed by atoms with E-state index in [0.29, 0.717) is 15.6 Å². The second kappa shape index (κ2) is 13.0. The zero-order chi connectivity index (χ0) is 27.0. The number of nitrogens with two attached hydrogens (primary N) is 1. The first-order valence-electron chi connectivity index (χ1n) is 11.6.